The van der Waals surface area contributed by atoms with Crippen molar-refractivity contribution in [3.8, 4) is 11.5 Å². The predicted octanol–water partition coefficient (Wildman–Crippen LogP) is 2.82. The third-order valence-corrected chi connectivity index (χ3v) is 3.74. The van der Waals surface area contributed by atoms with Crippen molar-refractivity contribution in [1.82, 2.24) is 0 Å². The molecule has 0 saturated heterocycles. The van der Waals surface area contributed by atoms with Crippen LogP contribution in [-0.4, -0.2) is 13.2 Å². The van der Waals surface area contributed by atoms with E-state index in [-0.39, 0.29) is 0 Å². The van der Waals surface area contributed by atoms with Crippen LogP contribution in [0.5, 0.6) is 11.5 Å². The minimum Gasteiger partial charge on any atom is -0.486 e. The second-order valence-corrected chi connectivity index (χ2v) is 5.30. The summed E-state index contributed by atoms with van der Waals surface area (Å²) in [6.45, 7) is 2.22. The van der Waals surface area contributed by atoms with E-state index < -0.39 is 0 Å². The maximum Gasteiger partial charge on any atom is 0.163 e. The molecule has 0 saturated carbocycles. The van der Waals surface area contributed by atoms with E-state index in [2.05, 4.69) is 6.07 Å². The first kappa shape index (κ1) is 12.3. The molecular formula is C14H15NO3S. The molecule has 0 spiro atoms. The fourth-order valence-corrected chi connectivity index (χ4v) is 2.57. The van der Waals surface area contributed by atoms with Crippen molar-refractivity contribution in [3.05, 3.63) is 40.1 Å². The van der Waals surface area contributed by atoms with Gasteiger partial charge in [0.15, 0.2) is 11.5 Å². The average molecular weight is 277 g/mol. The van der Waals surface area contributed by atoms with Crippen LogP contribution in [0.2, 0.25) is 0 Å². The van der Waals surface area contributed by atoms with E-state index in [0.29, 0.717) is 37.9 Å². The van der Waals surface area contributed by atoms with Crippen LogP contribution in [-0.2, 0) is 18.0 Å². The molecule has 3 rings (SSSR count). The summed E-state index contributed by atoms with van der Waals surface area (Å²) in [6.07, 6.45) is 0. The molecule has 4 nitrogen and oxygen atoms in total. The summed E-state index contributed by atoms with van der Waals surface area (Å²) in [7, 11) is 0. The fourth-order valence-electron chi connectivity index (χ4n) is 1.93. The summed E-state index contributed by atoms with van der Waals surface area (Å²) in [6, 6.07) is 7.77. The van der Waals surface area contributed by atoms with E-state index >= 15 is 0 Å². The zero-order chi connectivity index (χ0) is 13.1. The fraction of sp³-hybridized carbons (Fsp3) is 0.286. The van der Waals surface area contributed by atoms with Crippen molar-refractivity contribution in [2.45, 2.75) is 13.2 Å². The van der Waals surface area contributed by atoms with Crippen molar-refractivity contribution in [3.63, 3.8) is 0 Å². The Morgan fingerprint density at radius 1 is 1.16 bits per heavy atom. The van der Waals surface area contributed by atoms with Gasteiger partial charge >= 0.3 is 0 Å². The largest absolute Gasteiger partial charge is 0.486 e. The molecule has 1 aliphatic rings. The summed E-state index contributed by atoms with van der Waals surface area (Å²) in [4.78, 5) is 1.20. The van der Waals surface area contributed by atoms with Gasteiger partial charge in [0.05, 0.1) is 13.2 Å². The Balaban J connectivity index is 1.67. The van der Waals surface area contributed by atoms with E-state index in [4.69, 9.17) is 19.9 Å². The molecule has 5 heteroatoms. The molecule has 0 bridgehead atoms. The van der Waals surface area contributed by atoms with E-state index in [1.54, 1.807) is 17.4 Å². The molecule has 2 N–H and O–H groups in total. The Morgan fingerprint density at radius 3 is 2.68 bits per heavy atom. The zero-order valence-corrected chi connectivity index (χ0v) is 11.2. The second-order valence-electron chi connectivity index (χ2n) is 4.27. The Labute approximate surface area is 115 Å². The molecule has 0 amide bonds. The number of thiophene rings is 1. The van der Waals surface area contributed by atoms with E-state index in [0.717, 1.165) is 11.3 Å². The van der Waals surface area contributed by atoms with Gasteiger partial charge in [0.1, 0.15) is 13.2 Å². The van der Waals surface area contributed by atoms with Gasteiger partial charge < -0.3 is 19.9 Å². The molecule has 1 aromatic heterocycles. The quantitative estimate of drug-likeness (QED) is 0.873. The van der Waals surface area contributed by atoms with Crippen molar-refractivity contribution in [2.75, 3.05) is 18.9 Å². The standard InChI is InChI=1S/C14H15NO3S/c15-12-7-14-13(17-3-4-18-14)6-10(12)8-16-9-11-2-1-5-19-11/h1-2,5-7H,3-4,8-9,15H2. The first-order valence-corrected chi connectivity index (χ1v) is 6.99. The number of fused-ring (bicyclic) bond motifs is 1. The van der Waals surface area contributed by atoms with Gasteiger partial charge in [-0.1, -0.05) is 6.07 Å². The molecule has 0 unspecified atom stereocenters. The lowest BCUT2D eigenvalue weighted by atomic mass is 10.1. The van der Waals surface area contributed by atoms with Crippen LogP contribution < -0.4 is 15.2 Å². The van der Waals surface area contributed by atoms with Crippen molar-refractivity contribution >= 4 is 17.0 Å². The lowest BCUT2D eigenvalue weighted by Gasteiger charge is -2.20. The molecule has 1 aliphatic heterocycles. The van der Waals surface area contributed by atoms with Gasteiger partial charge in [-0.15, -0.1) is 11.3 Å². The monoisotopic (exact) mass is 277 g/mol. The number of ether oxygens (including phenoxy) is 3. The van der Waals surface area contributed by atoms with Crippen LogP contribution in [0.1, 0.15) is 10.4 Å². The van der Waals surface area contributed by atoms with Gasteiger partial charge in [0.25, 0.3) is 0 Å². The minimum atomic E-state index is 0.473. The summed E-state index contributed by atoms with van der Waals surface area (Å²) in [5.41, 5.74) is 7.60. The van der Waals surface area contributed by atoms with Gasteiger partial charge in [-0.2, -0.15) is 0 Å². The maximum atomic E-state index is 5.99. The van der Waals surface area contributed by atoms with E-state index in [9.17, 15) is 0 Å². The van der Waals surface area contributed by atoms with E-state index in [1.807, 2.05) is 17.5 Å². The lowest BCUT2D eigenvalue weighted by molar-refractivity contribution is 0.109. The highest BCUT2D eigenvalue weighted by molar-refractivity contribution is 7.09. The van der Waals surface area contributed by atoms with Crippen LogP contribution in [0.3, 0.4) is 0 Å². The molecule has 1 aromatic carbocycles. The Hall–Kier alpha value is -1.72. The molecular weight excluding hydrogens is 262 g/mol. The smallest absolute Gasteiger partial charge is 0.163 e. The first-order valence-electron chi connectivity index (χ1n) is 6.11. The van der Waals surface area contributed by atoms with E-state index in [1.165, 1.54) is 4.88 Å². The van der Waals surface area contributed by atoms with Crippen LogP contribution in [0, 0.1) is 0 Å². The van der Waals surface area contributed by atoms with Crippen LogP contribution in [0.15, 0.2) is 29.6 Å². The highest BCUT2D eigenvalue weighted by atomic mass is 32.1. The summed E-state index contributed by atoms with van der Waals surface area (Å²) < 4.78 is 16.7. The molecule has 0 radical (unpaired) electrons. The van der Waals surface area contributed by atoms with Crippen molar-refractivity contribution in [1.29, 1.82) is 0 Å². The second kappa shape index (κ2) is 5.50. The molecule has 0 aliphatic carbocycles. The van der Waals surface area contributed by atoms with Gasteiger partial charge in [-0.25, -0.2) is 0 Å². The average Bonchev–Trinajstić information content (AvgIpc) is 2.92. The summed E-state index contributed by atoms with van der Waals surface area (Å²) in [5, 5.41) is 2.04. The Bertz CT molecular complexity index is 554. The topological polar surface area (TPSA) is 53.7 Å². The third-order valence-electron chi connectivity index (χ3n) is 2.89. The van der Waals surface area contributed by atoms with Crippen LogP contribution in [0.4, 0.5) is 5.69 Å². The predicted molar refractivity (Wildman–Crippen MR) is 74.7 cm³/mol. The van der Waals surface area contributed by atoms with Crippen LogP contribution in [0.25, 0.3) is 0 Å². The van der Waals surface area contributed by atoms with Gasteiger partial charge in [-0.3, -0.25) is 0 Å². The lowest BCUT2D eigenvalue weighted by Crippen LogP contribution is -2.16. The molecule has 100 valence electrons. The molecule has 2 heterocycles. The summed E-state index contributed by atoms with van der Waals surface area (Å²) in [5.74, 6) is 1.46. The number of hydrogen-bond acceptors (Lipinski definition) is 5. The Kier molecular flexibility index (Phi) is 3.57. The number of benzene rings is 1. The maximum absolute atomic E-state index is 5.99. The van der Waals surface area contributed by atoms with Gasteiger partial charge in [-0.05, 0) is 17.5 Å². The van der Waals surface area contributed by atoms with Crippen molar-refractivity contribution < 1.29 is 14.2 Å². The Morgan fingerprint density at radius 2 is 1.95 bits per heavy atom. The van der Waals surface area contributed by atoms with Gasteiger partial charge in [0.2, 0.25) is 0 Å². The molecule has 0 atom stereocenters. The number of hydrogen-bond donors (Lipinski definition) is 1. The number of nitrogens with two attached hydrogens (primary N) is 1. The highest BCUT2D eigenvalue weighted by Gasteiger charge is 2.14. The number of nitrogen functional groups attached to an aromatic ring is 1. The number of anilines is 1. The zero-order valence-electron chi connectivity index (χ0n) is 10.4. The SMILES string of the molecule is Nc1cc2c(cc1COCc1cccs1)OCCO2. The molecule has 19 heavy (non-hydrogen) atoms. The summed E-state index contributed by atoms with van der Waals surface area (Å²) >= 11 is 1.68. The minimum absolute atomic E-state index is 0.473. The number of rotatable bonds is 4. The first-order chi connectivity index (χ1) is 9.33. The van der Waals surface area contributed by atoms with Crippen LogP contribution >= 0.6 is 11.3 Å². The molecule has 2 aromatic rings. The van der Waals surface area contributed by atoms with Gasteiger partial charge in [0, 0.05) is 22.2 Å². The molecule has 0 fully saturated rings. The third kappa shape index (κ3) is 2.83. The normalized spacial score (nSPS) is 13.5. The highest BCUT2D eigenvalue weighted by Crippen LogP contribution is 2.34. The van der Waals surface area contributed by atoms with Crippen molar-refractivity contribution in [2.24, 2.45) is 0 Å².